The lowest BCUT2D eigenvalue weighted by molar-refractivity contribution is 0.819. The summed E-state index contributed by atoms with van der Waals surface area (Å²) in [4.78, 5) is 30.1. The fraction of sp³-hybridized carbons (Fsp3) is 0.429. The van der Waals surface area contributed by atoms with Gasteiger partial charge in [0.1, 0.15) is 17.5 Å². The summed E-state index contributed by atoms with van der Waals surface area (Å²) in [5, 5.41) is 0. The highest BCUT2D eigenvalue weighted by Crippen LogP contribution is 2.27. The van der Waals surface area contributed by atoms with Gasteiger partial charge in [0.25, 0.3) is 5.56 Å². The van der Waals surface area contributed by atoms with Crippen molar-refractivity contribution >= 4 is 5.82 Å². The smallest absolute Gasteiger partial charge is 0.256 e. The number of rotatable bonds is 1. The van der Waals surface area contributed by atoms with Crippen molar-refractivity contribution in [2.24, 2.45) is 0 Å². The first kappa shape index (κ1) is 12.8. The number of H-pyrrole nitrogens is 1. The summed E-state index contributed by atoms with van der Waals surface area (Å²) in [6.45, 7) is 8.84. The third-order valence-electron chi connectivity index (χ3n) is 3.68. The van der Waals surface area contributed by atoms with Crippen LogP contribution in [0.25, 0.3) is 0 Å². The third-order valence-corrected chi connectivity index (χ3v) is 3.68. The van der Waals surface area contributed by atoms with Crippen LogP contribution < -0.4 is 10.5 Å². The van der Waals surface area contributed by atoms with Crippen LogP contribution in [0.3, 0.4) is 0 Å². The minimum Gasteiger partial charge on any atom is -0.346 e. The third kappa shape index (κ3) is 1.97. The SMILES string of the molecule is Cc1nc(C)c(C)c(N2Cc3nc(C)[nH]c(=O)c3C2)n1. The van der Waals surface area contributed by atoms with Gasteiger partial charge in [-0.2, -0.15) is 0 Å². The van der Waals surface area contributed by atoms with E-state index in [0.717, 1.165) is 34.2 Å². The number of nitrogens with zero attached hydrogens (tertiary/aromatic N) is 4. The second kappa shape index (κ2) is 4.40. The first-order valence-corrected chi connectivity index (χ1v) is 6.61. The molecule has 2 aromatic rings. The molecular weight excluding hydrogens is 254 g/mol. The van der Waals surface area contributed by atoms with Crippen LogP contribution >= 0.6 is 0 Å². The molecule has 0 saturated carbocycles. The number of aromatic amines is 1. The number of hydrogen-bond donors (Lipinski definition) is 1. The summed E-state index contributed by atoms with van der Waals surface area (Å²) >= 11 is 0. The average molecular weight is 271 g/mol. The van der Waals surface area contributed by atoms with Crippen molar-refractivity contribution < 1.29 is 0 Å². The minimum absolute atomic E-state index is 0.0462. The van der Waals surface area contributed by atoms with E-state index in [-0.39, 0.29) is 5.56 Å². The summed E-state index contributed by atoms with van der Waals surface area (Å²) in [6.07, 6.45) is 0. The van der Waals surface area contributed by atoms with Crippen molar-refractivity contribution in [2.45, 2.75) is 40.8 Å². The Labute approximate surface area is 116 Å². The Kier molecular flexibility index (Phi) is 2.81. The Hall–Kier alpha value is -2.24. The van der Waals surface area contributed by atoms with Gasteiger partial charge in [-0.25, -0.2) is 15.0 Å². The van der Waals surface area contributed by atoms with Gasteiger partial charge < -0.3 is 9.88 Å². The first-order chi connectivity index (χ1) is 9.45. The van der Waals surface area contributed by atoms with E-state index in [1.54, 1.807) is 6.92 Å². The van der Waals surface area contributed by atoms with Crippen LogP contribution in [0.15, 0.2) is 4.79 Å². The fourth-order valence-electron chi connectivity index (χ4n) is 2.60. The van der Waals surface area contributed by atoms with Gasteiger partial charge in [0.05, 0.1) is 24.3 Å². The van der Waals surface area contributed by atoms with Crippen LogP contribution in [0.4, 0.5) is 5.82 Å². The van der Waals surface area contributed by atoms with E-state index >= 15 is 0 Å². The lowest BCUT2D eigenvalue weighted by atomic mass is 10.2. The van der Waals surface area contributed by atoms with Crippen molar-refractivity contribution in [3.05, 3.63) is 44.5 Å². The second-order valence-electron chi connectivity index (χ2n) is 5.24. The first-order valence-electron chi connectivity index (χ1n) is 6.61. The van der Waals surface area contributed by atoms with E-state index in [2.05, 4.69) is 24.8 Å². The number of nitrogens with one attached hydrogen (secondary N) is 1. The molecule has 0 bridgehead atoms. The predicted octanol–water partition coefficient (Wildman–Crippen LogP) is 1.31. The van der Waals surface area contributed by atoms with E-state index < -0.39 is 0 Å². The number of hydrogen-bond acceptors (Lipinski definition) is 5. The Bertz CT molecular complexity index is 750. The van der Waals surface area contributed by atoms with Gasteiger partial charge in [-0.15, -0.1) is 0 Å². The van der Waals surface area contributed by atoms with Crippen LogP contribution in [0.5, 0.6) is 0 Å². The summed E-state index contributed by atoms with van der Waals surface area (Å²) in [5.74, 6) is 2.30. The van der Waals surface area contributed by atoms with Crippen LogP contribution in [0.1, 0.15) is 34.2 Å². The number of aromatic nitrogens is 4. The summed E-state index contributed by atoms with van der Waals surface area (Å²) in [6, 6.07) is 0. The number of aryl methyl sites for hydroxylation is 3. The van der Waals surface area contributed by atoms with Crippen LogP contribution in [-0.2, 0) is 13.1 Å². The van der Waals surface area contributed by atoms with E-state index in [0.29, 0.717) is 18.9 Å². The van der Waals surface area contributed by atoms with E-state index in [4.69, 9.17) is 0 Å². The average Bonchev–Trinajstić information content (AvgIpc) is 2.77. The zero-order valence-corrected chi connectivity index (χ0v) is 12.1. The molecule has 0 radical (unpaired) electrons. The molecule has 0 atom stereocenters. The molecule has 104 valence electrons. The number of fused-ring (bicyclic) bond motifs is 1. The lowest BCUT2D eigenvalue weighted by Crippen LogP contribution is -2.20. The van der Waals surface area contributed by atoms with Gasteiger partial charge in [0.15, 0.2) is 0 Å². The molecule has 0 aliphatic carbocycles. The Balaban J connectivity index is 2.05. The molecule has 0 amide bonds. The lowest BCUT2D eigenvalue weighted by Gasteiger charge is -2.19. The largest absolute Gasteiger partial charge is 0.346 e. The highest BCUT2D eigenvalue weighted by molar-refractivity contribution is 5.51. The molecule has 1 aliphatic heterocycles. The highest BCUT2D eigenvalue weighted by atomic mass is 16.1. The van der Waals surface area contributed by atoms with Crippen LogP contribution in [-0.4, -0.2) is 19.9 Å². The van der Waals surface area contributed by atoms with Crippen molar-refractivity contribution in [1.82, 2.24) is 19.9 Å². The molecule has 0 saturated heterocycles. The molecule has 0 fully saturated rings. The topological polar surface area (TPSA) is 74.8 Å². The molecule has 6 nitrogen and oxygen atoms in total. The predicted molar refractivity (Wildman–Crippen MR) is 75.7 cm³/mol. The molecule has 0 unspecified atom stereocenters. The van der Waals surface area contributed by atoms with Crippen molar-refractivity contribution in [3.8, 4) is 0 Å². The molecular formula is C14H17N5O. The molecule has 1 aliphatic rings. The van der Waals surface area contributed by atoms with Crippen LogP contribution in [0, 0.1) is 27.7 Å². The molecule has 20 heavy (non-hydrogen) atoms. The maximum Gasteiger partial charge on any atom is 0.256 e. The quantitative estimate of drug-likeness (QED) is 0.846. The van der Waals surface area contributed by atoms with Gasteiger partial charge >= 0.3 is 0 Å². The van der Waals surface area contributed by atoms with E-state index in [1.807, 2.05) is 20.8 Å². The normalized spacial score (nSPS) is 13.7. The molecule has 0 spiro atoms. The van der Waals surface area contributed by atoms with Gasteiger partial charge in [0.2, 0.25) is 0 Å². The molecule has 0 aromatic carbocycles. The maximum absolute atomic E-state index is 12.0. The van der Waals surface area contributed by atoms with Crippen molar-refractivity contribution in [3.63, 3.8) is 0 Å². The zero-order valence-electron chi connectivity index (χ0n) is 12.1. The standard InChI is InChI=1S/C14H17N5O/c1-7-8(2)15-9(3)17-13(7)19-5-11-12(6-19)16-10(4)18-14(11)20/h5-6H2,1-4H3,(H,16,18,20). The van der Waals surface area contributed by atoms with E-state index in [1.165, 1.54) is 0 Å². The minimum atomic E-state index is -0.0462. The van der Waals surface area contributed by atoms with Gasteiger partial charge in [0, 0.05) is 11.3 Å². The zero-order chi connectivity index (χ0) is 14.4. The van der Waals surface area contributed by atoms with E-state index in [9.17, 15) is 4.79 Å². The Morgan fingerprint density at radius 1 is 1.05 bits per heavy atom. The Morgan fingerprint density at radius 2 is 1.80 bits per heavy atom. The van der Waals surface area contributed by atoms with Crippen LogP contribution in [0.2, 0.25) is 0 Å². The molecule has 6 heteroatoms. The van der Waals surface area contributed by atoms with Gasteiger partial charge in [-0.3, -0.25) is 4.79 Å². The van der Waals surface area contributed by atoms with Crippen molar-refractivity contribution in [2.75, 3.05) is 4.90 Å². The monoisotopic (exact) mass is 271 g/mol. The van der Waals surface area contributed by atoms with Gasteiger partial charge in [-0.1, -0.05) is 0 Å². The Morgan fingerprint density at radius 3 is 2.55 bits per heavy atom. The maximum atomic E-state index is 12.0. The summed E-state index contributed by atoms with van der Waals surface area (Å²) in [5.41, 5.74) is 3.57. The summed E-state index contributed by atoms with van der Waals surface area (Å²) < 4.78 is 0. The molecule has 3 heterocycles. The van der Waals surface area contributed by atoms with Gasteiger partial charge in [-0.05, 0) is 27.7 Å². The fourth-order valence-corrected chi connectivity index (χ4v) is 2.60. The summed E-state index contributed by atoms with van der Waals surface area (Å²) in [7, 11) is 0. The molecule has 3 rings (SSSR count). The second-order valence-corrected chi connectivity index (χ2v) is 5.24. The number of anilines is 1. The molecule has 2 aromatic heterocycles. The molecule has 1 N–H and O–H groups in total. The van der Waals surface area contributed by atoms with Crippen molar-refractivity contribution in [1.29, 1.82) is 0 Å². The highest BCUT2D eigenvalue weighted by Gasteiger charge is 2.26.